The third kappa shape index (κ3) is 3.09. The van der Waals surface area contributed by atoms with Gasteiger partial charge in [0.2, 0.25) is 5.12 Å². The standard InChI is InChI=1S/C15H13NO4S/c1-10-13(17)15(2,21-14(10)18)9-3-4-11-5-7-12(8-6-11)16(19)20/h5-8,17H,9H2,1-2H3. The van der Waals surface area contributed by atoms with E-state index in [1.165, 1.54) is 12.1 Å². The van der Waals surface area contributed by atoms with Crippen LogP contribution in [0.25, 0.3) is 0 Å². The summed E-state index contributed by atoms with van der Waals surface area (Å²) < 4.78 is -0.713. The second kappa shape index (κ2) is 5.62. The first-order valence-corrected chi connectivity index (χ1v) is 7.02. The van der Waals surface area contributed by atoms with Gasteiger partial charge in [0.05, 0.1) is 9.67 Å². The Morgan fingerprint density at radius 2 is 2.00 bits per heavy atom. The quantitative estimate of drug-likeness (QED) is 0.515. The molecular formula is C15H13NO4S. The van der Waals surface area contributed by atoms with E-state index in [0.717, 1.165) is 11.8 Å². The molecule has 1 aromatic carbocycles. The highest BCUT2D eigenvalue weighted by atomic mass is 32.2. The average Bonchev–Trinajstić information content (AvgIpc) is 2.63. The number of aliphatic hydroxyl groups is 1. The molecule has 0 radical (unpaired) electrons. The smallest absolute Gasteiger partial charge is 0.269 e. The van der Waals surface area contributed by atoms with Crippen LogP contribution >= 0.6 is 11.8 Å². The number of nitrogens with zero attached hydrogens (tertiary/aromatic N) is 1. The van der Waals surface area contributed by atoms with Gasteiger partial charge in [0.1, 0.15) is 5.76 Å². The van der Waals surface area contributed by atoms with Crippen LogP contribution in [-0.2, 0) is 4.79 Å². The first kappa shape index (κ1) is 15.1. The summed E-state index contributed by atoms with van der Waals surface area (Å²) in [6, 6.07) is 5.92. The largest absolute Gasteiger partial charge is 0.510 e. The van der Waals surface area contributed by atoms with Crippen LogP contribution in [0.3, 0.4) is 0 Å². The minimum atomic E-state index is -0.713. The van der Waals surface area contributed by atoms with Crippen LogP contribution in [-0.4, -0.2) is 19.9 Å². The highest BCUT2D eigenvalue weighted by molar-refractivity contribution is 8.15. The molecule has 1 unspecified atom stereocenters. The molecule has 0 spiro atoms. The van der Waals surface area contributed by atoms with E-state index in [1.54, 1.807) is 26.0 Å². The maximum atomic E-state index is 11.6. The molecule has 1 aromatic rings. The van der Waals surface area contributed by atoms with Crippen molar-refractivity contribution in [3.8, 4) is 11.8 Å². The van der Waals surface area contributed by atoms with Gasteiger partial charge in [0, 0.05) is 29.7 Å². The van der Waals surface area contributed by atoms with Gasteiger partial charge in [-0.25, -0.2) is 0 Å². The Kier molecular flexibility index (Phi) is 4.05. The van der Waals surface area contributed by atoms with Crippen LogP contribution in [0.1, 0.15) is 25.8 Å². The summed E-state index contributed by atoms with van der Waals surface area (Å²) in [5.74, 6) is 5.88. The molecule has 0 fully saturated rings. The van der Waals surface area contributed by atoms with E-state index in [1.807, 2.05) is 0 Å². The van der Waals surface area contributed by atoms with Crippen molar-refractivity contribution < 1.29 is 14.8 Å². The number of nitro benzene ring substituents is 1. The van der Waals surface area contributed by atoms with Crippen molar-refractivity contribution in [1.82, 2.24) is 0 Å². The molecule has 1 heterocycles. The van der Waals surface area contributed by atoms with Crippen LogP contribution < -0.4 is 0 Å². The second-order valence-electron chi connectivity index (χ2n) is 4.88. The fourth-order valence-electron chi connectivity index (χ4n) is 1.92. The lowest BCUT2D eigenvalue weighted by Gasteiger charge is -2.18. The van der Waals surface area contributed by atoms with Crippen molar-refractivity contribution in [2.45, 2.75) is 25.0 Å². The zero-order chi connectivity index (χ0) is 15.6. The monoisotopic (exact) mass is 303 g/mol. The molecule has 21 heavy (non-hydrogen) atoms. The number of hydrogen-bond acceptors (Lipinski definition) is 5. The van der Waals surface area contributed by atoms with Gasteiger partial charge in [-0.3, -0.25) is 14.9 Å². The fraction of sp³-hybridized carbons (Fsp3) is 0.267. The van der Waals surface area contributed by atoms with Gasteiger partial charge in [0.15, 0.2) is 0 Å². The van der Waals surface area contributed by atoms with Crippen LogP contribution in [0.5, 0.6) is 0 Å². The van der Waals surface area contributed by atoms with Gasteiger partial charge >= 0.3 is 0 Å². The fourth-order valence-corrected chi connectivity index (χ4v) is 2.98. The lowest BCUT2D eigenvalue weighted by molar-refractivity contribution is -0.384. The van der Waals surface area contributed by atoms with Crippen molar-refractivity contribution in [1.29, 1.82) is 0 Å². The zero-order valence-electron chi connectivity index (χ0n) is 11.5. The predicted octanol–water partition coefficient (Wildman–Crippen LogP) is 3.20. The molecule has 2 rings (SSSR count). The van der Waals surface area contributed by atoms with E-state index in [9.17, 15) is 20.0 Å². The minimum absolute atomic E-state index is 0.0145. The van der Waals surface area contributed by atoms with Crippen LogP contribution in [0, 0.1) is 22.0 Å². The highest BCUT2D eigenvalue weighted by Crippen LogP contribution is 2.44. The minimum Gasteiger partial charge on any atom is -0.510 e. The third-order valence-corrected chi connectivity index (χ3v) is 4.50. The number of thioether (sulfide) groups is 1. The number of carbonyl (C=O) groups is 1. The summed E-state index contributed by atoms with van der Waals surface area (Å²) in [6.07, 6.45) is 0.323. The molecule has 0 bridgehead atoms. The molecule has 1 aliphatic heterocycles. The topological polar surface area (TPSA) is 80.4 Å². The molecule has 0 saturated heterocycles. The highest BCUT2D eigenvalue weighted by Gasteiger charge is 2.41. The van der Waals surface area contributed by atoms with E-state index >= 15 is 0 Å². The summed E-state index contributed by atoms with van der Waals surface area (Å²) >= 11 is 1.07. The maximum Gasteiger partial charge on any atom is 0.269 e. The van der Waals surface area contributed by atoms with Gasteiger partial charge in [-0.15, -0.1) is 0 Å². The van der Waals surface area contributed by atoms with Gasteiger partial charge < -0.3 is 5.11 Å². The third-order valence-electron chi connectivity index (χ3n) is 3.22. The summed E-state index contributed by atoms with van der Waals surface area (Å²) in [5, 5.41) is 20.4. The number of rotatable bonds is 2. The lowest BCUT2D eigenvalue weighted by atomic mass is 10.0. The Morgan fingerprint density at radius 3 is 2.48 bits per heavy atom. The number of aliphatic hydroxyl groups excluding tert-OH is 1. The van der Waals surface area contributed by atoms with Crippen molar-refractivity contribution in [3.63, 3.8) is 0 Å². The summed E-state index contributed by atoms with van der Waals surface area (Å²) in [7, 11) is 0. The van der Waals surface area contributed by atoms with Crippen LogP contribution in [0.2, 0.25) is 0 Å². The lowest BCUT2D eigenvalue weighted by Crippen LogP contribution is -2.19. The molecule has 0 amide bonds. The number of nitro groups is 1. The molecule has 1 N–H and O–H groups in total. The number of non-ortho nitro benzene ring substituents is 1. The Labute approximate surface area is 126 Å². The van der Waals surface area contributed by atoms with Crippen molar-refractivity contribution in [3.05, 3.63) is 51.3 Å². The maximum absolute atomic E-state index is 11.6. The summed E-state index contributed by atoms with van der Waals surface area (Å²) in [6.45, 7) is 3.37. The second-order valence-corrected chi connectivity index (χ2v) is 6.35. The van der Waals surface area contributed by atoms with Gasteiger partial charge in [-0.1, -0.05) is 23.6 Å². The van der Waals surface area contributed by atoms with Crippen LogP contribution in [0.15, 0.2) is 35.6 Å². The van der Waals surface area contributed by atoms with Gasteiger partial charge in [-0.2, -0.15) is 0 Å². The SMILES string of the molecule is CC1=C(O)C(C)(CC#Cc2ccc([N+](=O)[O-])cc2)SC1=O. The first-order valence-electron chi connectivity index (χ1n) is 6.20. The summed E-state index contributed by atoms with van der Waals surface area (Å²) in [5.41, 5.74) is 1.04. The molecule has 5 nitrogen and oxygen atoms in total. The van der Waals surface area contributed by atoms with E-state index in [-0.39, 0.29) is 16.6 Å². The number of hydrogen-bond donors (Lipinski definition) is 1. The van der Waals surface area contributed by atoms with Gasteiger partial charge in [-0.05, 0) is 26.0 Å². The zero-order valence-corrected chi connectivity index (χ0v) is 12.4. The molecule has 6 heteroatoms. The number of benzene rings is 1. The van der Waals surface area contributed by atoms with E-state index < -0.39 is 9.67 Å². The Morgan fingerprint density at radius 1 is 1.38 bits per heavy atom. The molecule has 1 aliphatic rings. The molecular weight excluding hydrogens is 290 g/mol. The van der Waals surface area contributed by atoms with Crippen molar-refractivity contribution in [2.24, 2.45) is 0 Å². The van der Waals surface area contributed by atoms with E-state index in [2.05, 4.69) is 11.8 Å². The average molecular weight is 303 g/mol. The molecule has 108 valence electrons. The van der Waals surface area contributed by atoms with E-state index in [0.29, 0.717) is 17.6 Å². The predicted molar refractivity (Wildman–Crippen MR) is 80.9 cm³/mol. The van der Waals surface area contributed by atoms with Crippen molar-refractivity contribution >= 4 is 22.6 Å². The molecule has 1 atom stereocenters. The van der Waals surface area contributed by atoms with Gasteiger partial charge in [0.25, 0.3) is 5.69 Å². The first-order chi connectivity index (χ1) is 9.83. The molecule has 0 saturated carbocycles. The molecule has 0 aliphatic carbocycles. The number of carbonyl (C=O) groups excluding carboxylic acids is 1. The molecule has 0 aromatic heterocycles. The van der Waals surface area contributed by atoms with Crippen LogP contribution in [0.4, 0.5) is 5.69 Å². The van der Waals surface area contributed by atoms with Crippen molar-refractivity contribution in [2.75, 3.05) is 0 Å². The Bertz CT molecular complexity index is 697. The Balaban J connectivity index is 2.11. The van der Waals surface area contributed by atoms with E-state index in [4.69, 9.17) is 0 Å². The Hall–Kier alpha value is -2.26. The summed E-state index contributed by atoms with van der Waals surface area (Å²) in [4.78, 5) is 21.6. The normalized spacial score (nSPS) is 21.1.